The number of carboxylic acid groups (broad SMARTS) is 1. The molecule has 19 heavy (non-hydrogen) atoms. The highest BCUT2D eigenvalue weighted by atomic mass is 16.5. The maximum Gasteiger partial charge on any atom is 0.339 e. The van der Waals surface area contributed by atoms with Crippen LogP contribution in [0, 0.1) is 5.92 Å². The van der Waals surface area contributed by atoms with E-state index in [9.17, 15) is 14.7 Å². The number of carboxylic acids is 1. The molecule has 1 saturated carbocycles. The Morgan fingerprint density at radius 3 is 2.47 bits per heavy atom. The Bertz CT molecular complexity index is 489. The molecule has 1 aromatic carbocycles. The van der Waals surface area contributed by atoms with E-state index < -0.39 is 5.97 Å². The van der Waals surface area contributed by atoms with Crippen molar-refractivity contribution in [3.05, 3.63) is 23.8 Å². The van der Waals surface area contributed by atoms with Gasteiger partial charge in [-0.2, -0.15) is 0 Å². The van der Waals surface area contributed by atoms with Gasteiger partial charge < -0.3 is 14.9 Å². The topological polar surface area (TPSA) is 83.8 Å². The summed E-state index contributed by atoms with van der Waals surface area (Å²) < 4.78 is 5.17. The number of aromatic hydroxyl groups is 1. The summed E-state index contributed by atoms with van der Waals surface area (Å²) in [6, 6.07) is 3.68. The zero-order chi connectivity index (χ0) is 13.8. The molecule has 1 aliphatic rings. The van der Waals surface area contributed by atoms with Gasteiger partial charge in [0.25, 0.3) is 0 Å². The quantitative estimate of drug-likeness (QED) is 0.647. The summed E-state index contributed by atoms with van der Waals surface area (Å²) >= 11 is 0. The molecule has 0 amide bonds. The number of aromatic carboxylic acids is 1. The molecule has 0 saturated heterocycles. The molecule has 0 bridgehead atoms. The van der Waals surface area contributed by atoms with Gasteiger partial charge >= 0.3 is 11.9 Å². The molecular formula is C14H16O5. The smallest absolute Gasteiger partial charge is 0.339 e. The van der Waals surface area contributed by atoms with E-state index in [1.165, 1.54) is 12.1 Å². The van der Waals surface area contributed by atoms with E-state index in [-0.39, 0.29) is 28.9 Å². The SMILES string of the molecule is O=C(O)c1cc(O)ccc1OC(=O)C1CCCCC1. The first-order chi connectivity index (χ1) is 9.08. The fourth-order valence-electron chi connectivity index (χ4n) is 2.30. The van der Waals surface area contributed by atoms with Crippen molar-refractivity contribution in [2.24, 2.45) is 5.92 Å². The first-order valence-corrected chi connectivity index (χ1v) is 6.36. The Hall–Kier alpha value is -2.04. The zero-order valence-corrected chi connectivity index (χ0v) is 10.5. The molecule has 0 aromatic heterocycles. The van der Waals surface area contributed by atoms with E-state index in [1.54, 1.807) is 0 Å². The van der Waals surface area contributed by atoms with Crippen LogP contribution in [0.2, 0.25) is 0 Å². The number of rotatable bonds is 3. The van der Waals surface area contributed by atoms with Crippen LogP contribution < -0.4 is 4.74 Å². The van der Waals surface area contributed by atoms with Crippen LogP contribution in [0.1, 0.15) is 42.5 Å². The number of carbonyl (C=O) groups is 2. The maximum absolute atomic E-state index is 11.9. The lowest BCUT2D eigenvalue weighted by Crippen LogP contribution is -2.23. The number of hydrogen-bond acceptors (Lipinski definition) is 4. The Kier molecular flexibility index (Phi) is 4.04. The van der Waals surface area contributed by atoms with E-state index in [4.69, 9.17) is 9.84 Å². The van der Waals surface area contributed by atoms with Crippen LogP contribution in [0.15, 0.2) is 18.2 Å². The van der Waals surface area contributed by atoms with Crippen molar-refractivity contribution in [2.45, 2.75) is 32.1 Å². The summed E-state index contributed by atoms with van der Waals surface area (Å²) in [5.74, 6) is -1.95. The summed E-state index contributed by atoms with van der Waals surface area (Å²) in [6.07, 6.45) is 4.71. The van der Waals surface area contributed by atoms with Gasteiger partial charge in [-0.25, -0.2) is 4.79 Å². The number of hydrogen-bond donors (Lipinski definition) is 2. The van der Waals surface area contributed by atoms with Crippen molar-refractivity contribution < 1.29 is 24.5 Å². The number of ether oxygens (including phenoxy) is 1. The molecule has 5 heteroatoms. The highest BCUT2D eigenvalue weighted by Gasteiger charge is 2.24. The normalized spacial score (nSPS) is 16.0. The molecular weight excluding hydrogens is 248 g/mol. The van der Waals surface area contributed by atoms with Gasteiger partial charge in [-0.1, -0.05) is 19.3 Å². The fraction of sp³-hybridized carbons (Fsp3) is 0.429. The Labute approximate surface area is 110 Å². The molecule has 5 nitrogen and oxygen atoms in total. The van der Waals surface area contributed by atoms with Crippen LogP contribution in [-0.2, 0) is 4.79 Å². The predicted molar refractivity (Wildman–Crippen MR) is 67.3 cm³/mol. The second-order valence-corrected chi connectivity index (χ2v) is 4.74. The van der Waals surface area contributed by atoms with Gasteiger partial charge in [0.2, 0.25) is 0 Å². The third kappa shape index (κ3) is 3.24. The van der Waals surface area contributed by atoms with Crippen LogP contribution in [-0.4, -0.2) is 22.2 Å². The summed E-state index contributed by atoms with van der Waals surface area (Å²) in [4.78, 5) is 23.0. The summed E-state index contributed by atoms with van der Waals surface area (Å²) in [7, 11) is 0. The van der Waals surface area contributed by atoms with Crippen molar-refractivity contribution in [1.29, 1.82) is 0 Å². The molecule has 102 valence electrons. The van der Waals surface area contributed by atoms with Crippen molar-refractivity contribution >= 4 is 11.9 Å². The Morgan fingerprint density at radius 1 is 1.16 bits per heavy atom. The van der Waals surface area contributed by atoms with Gasteiger partial charge in [-0.05, 0) is 31.0 Å². The lowest BCUT2D eigenvalue weighted by atomic mass is 9.89. The van der Waals surface area contributed by atoms with E-state index >= 15 is 0 Å². The lowest BCUT2D eigenvalue weighted by molar-refractivity contribution is -0.140. The van der Waals surface area contributed by atoms with Crippen LogP contribution in [0.3, 0.4) is 0 Å². The molecule has 2 N–H and O–H groups in total. The first kappa shape index (κ1) is 13.4. The van der Waals surface area contributed by atoms with Crippen molar-refractivity contribution in [2.75, 3.05) is 0 Å². The number of carbonyl (C=O) groups excluding carboxylic acids is 1. The Morgan fingerprint density at radius 2 is 1.84 bits per heavy atom. The molecule has 0 unspecified atom stereocenters. The van der Waals surface area contributed by atoms with Gasteiger partial charge in [0.1, 0.15) is 17.1 Å². The van der Waals surface area contributed by atoms with Crippen LogP contribution in [0.4, 0.5) is 0 Å². The van der Waals surface area contributed by atoms with Gasteiger partial charge in [-0.3, -0.25) is 4.79 Å². The molecule has 1 fully saturated rings. The third-order valence-corrected chi connectivity index (χ3v) is 3.34. The van der Waals surface area contributed by atoms with Crippen molar-refractivity contribution in [3.63, 3.8) is 0 Å². The number of benzene rings is 1. The zero-order valence-electron chi connectivity index (χ0n) is 10.5. The number of phenols is 1. The van der Waals surface area contributed by atoms with Gasteiger partial charge in [0, 0.05) is 0 Å². The van der Waals surface area contributed by atoms with E-state index in [0.717, 1.165) is 38.2 Å². The third-order valence-electron chi connectivity index (χ3n) is 3.34. The molecule has 0 heterocycles. The fourth-order valence-corrected chi connectivity index (χ4v) is 2.30. The molecule has 1 aliphatic carbocycles. The largest absolute Gasteiger partial charge is 0.508 e. The van der Waals surface area contributed by atoms with E-state index in [1.807, 2.05) is 0 Å². The van der Waals surface area contributed by atoms with Crippen molar-refractivity contribution in [1.82, 2.24) is 0 Å². The minimum Gasteiger partial charge on any atom is -0.508 e. The number of esters is 1. The minimum absolute atomic E-state index is 0.0131. The van der Waals surface area contributed by atoms with Gasteiger partial charge in [0.05, 0.1) is 5.92 Å². The minimum atomic E-state index is -1.23. The summed E-state index contributed by atoms with van der Waals surface area (Å²) in [5, 5.41) is 18.3. The Balaban J connectivity index is 2.13. The number of phenolic OH excluding ortho intramolecular Hbond substituents is 1. The summed E-state index contributed by atoms with van der Waals surface area (Å²) in [6.45, 7) is 0. The average molecular weight is 264 g/mol. The maximum atomic E-state index is 11.9. The second kappa shape index (κ2) is 5.73. The highest BCUT2D eigenvalue weighted by molar-refractivity contribution is 5.92. The monoisotopic (exact) mass is 264 g/mol. The van der Waals surface area contributed by atoms with E-state index in [2.05, 4.69) is 0 Å². The standard InChI is InChI=1S/C14H16O5/c15-10-6-7-12(11(8-10)13(16)17)19-14(18)9-4-2-1-3-5-9/h6-9,15H,1-5H2,(H,16,17). The van der Waals surface area contributed by atoms with Crippen LogP contribution >= 0.6 is 0 Å². The molecule has 2 rings (SSSR count). The first-order valence-electron chi connectivity index (χ1n) is 6.36. The second-order valence-electron chi connectivity index (χ2n) is 4.74. The van der Waals surface area contributed by atoms with Gasteiger partial charge in [-0.15, -0.1) is 0 Å². The molecule has 1 aromatic rings. The predicted octanol–water partition coefficient (Wildman–Crippen LogP) is 2.58. The lowest BCUT2D eigenvalue weighted by Gasteiger charge is -2.20. The van der Waals surface area contributed by atoms with Gasteiger partial charge in [0.15, 0.2) is 0 Å². The van der Waals surface area contributed by atoms with Crippen LogP contribution in [0.25, 0.3) is 0 Å². The highest BCUT2D eigenvalue weighted by Crippen LogP contribution is 2.28. The molecule has 0 spiro atoms. The molecule has 0 aliphatic heterocycles. The van der Waals surface area contributed by atoms with E-state index in [0.29, 0.717) is 0 Å². The molecule has 0 atom stereocenters. The van der Waals surface area contributed by atoms with Crippen molar-refractivity contribution in [3.8, 4) is 11.5 Å². The average Bonchev–Trinajstić information content (AvgIpc) is 2.41. The summed E-state index contributed by atoms with van der Waals surface area (Å²) in [5.41, 5.74) is -0.204. The van der Waals surface area contributed by atoms with Crippen LogP contribution in [0.5, 0.6) is 11.5 Å². The molecule has 0 radical (unpaired) electrons.